The Bertz CT molecular complexity index is 459. The first-order valence-corrected chi connectivity index (χ1v) is 4.28. The van der Waals surface area contributed by atoms with Crippen LogP contribution >= 0.6 is 0 Å². The highest BCUT2D eigenvalue weighted by atomic mass is 19.4. The van der Waals surface area contributed by atoms with Crippen molar-refractivity contribution in [1.29, 1.82) is 0 Å². The minimum absolute atomic E-state index is 0.144. The lowest BCUT2D eigenvalue weighted by Gasteiger charge is -2.29. The van der Waals surface area contributed by atoms with Crippen molar-refractivity contribution in [3.05, 3.63) is 17.6 Å². The standard InChI is InChI=1S/C8H7F3N4O/c1-4-2-12-5-6(15-4)13-3-14-7(5,16)8(9,10)11/h2-3,16H,1H3,(H,13,14,15). The van der Waals surface area contributed by atoms with Crippen LogP contribution in [-0.2, 0) is 5.72 Å². The summed E-state index contributed by atoms with van der Waals surface area (Å²) < 4.78 is 37.9. The van der Waals surface area contributed by atoms with Gasteiger partial charge in [0.1, 0.15) is 5.69 Å². The van der Waals surface area contributed by atoms with Gasteiger partial charge in [-0.3, -0.25) is 0 Å². The highest BCUT2D eigenvalue weighted by Crippen LogP contribution is 2.42. The van der Waals surface area contributed by atoms with Gasteiger partial charge in [-0.05, 0) is 6.92 Å². The number of nitrogens with one attached hydrogen (secondary N) is 1. The molecule has 5 nitrogen and oxygen atoms in total. The number of halogens is 3. The van der Waals surface area contributed by atoms with E-state index in [2.05, 4.69) is 20.3 Å². The zero-order valence-corrected chi connectivity index (χ0v) is 8.08. The maximum absolute atomic E-state index is 12.6. The lowest BCUT2D eigenvalue weighted by molar-refractivity contribution is -0.264. The summed E-state index contributed by atoms with van der Waals surface area (Å²) >= 11 is 0. The number of hydrogen-bond donors (Lipinski definition) is 2. The predicted octanol–water partition coefficient (Wildman–Crippen LogP) is 0.946. The van der Waals surface area contributed by atoms with E-state index in [4.69, 9.17) is 0 Å². The highest BCUT2D eigenvalue weighted by molar-refractivity contribution is 5.78. The van der Waals surface area contributed by atoms with Crippen LogP contribution in [0.3, 0.4) is 0 Å². The molecular weight excluding hydrogens is 225 g/mol. The fourth-order valence-electron chi connectivity index (χ4n) is 1.29. The summed E-state index contributed by atoms with van der Waals surface area (Å²) in [5.41, 5.74) is -3.53. The molecule has 0 amide bonds. The molecule has 0 fully saturated rings. The van der Waals surface area contributed by atoms with Gasteiger partial charge in [-0.2, -0.15) is 13.2 Å². The van der Waals surface area contributed by atoms with Gasteiger partial charge in [-0.25, -0.2) is 15.0 Å². The number of aliphatic imine (C=N–C) groups is 1. The van der Waals surface area contributed by atoms with E-state index in [1.807, 2.05) is 0 Å². The van der Waals surface area contributed by atoms with Crippen LogP contribution in [0, 0.1) is 6.92 Å². The average Bonchev–Trinajstić information content (AvgIpc) is 2.15. The molecule has 16 heavy (non-hydrogen) atoms. The molecule has 2 N–H and O–H groups in total. The van der Waals surface area contributed by atoms with E-state index >= 15 is 0 Å². The van der Waals surface area contributed by atoms with E-state index in [1.54, 1.807) is 6.92 Å². The summed E-state index contributed by atoms with van der Waals surface area (Å²) in [4.78, 5) is 10.3. The van der Waals surface area contributed by atoms with Gasteiger partial charge in [0, 0.05) is 6.20 Å². The fraction of sp³-hybridized carbons (Fsp3) is 0.375. The molecule has 0 aliphatic carbocycles. The Hall–Kier alpha value is -1.70. The van der Waals surface area contributed by atoms with Crippen molar-refractivity contribution in [3.63, 3.8) is 0 Å². The lowest BCUT2D eigenvalue weighted by Crippen LogP contribution is -2.44. The van der Waals surface area contributed by atoms with Crippen LogP contribution in [0.4, 0.5) is 19.0 Å². The molecule has 1 aromatic rings. The molecule has 0 spiro atoms. The Morgan fingerprint density at radius 2 is 2.12 bits per heavy atom. The van der Waals surface area contributed by atoms with Crippen LogP contribution in [0.15, 0.2) is 11.2 Å². The topological polar surface area (TPSA) is 70.4 Å². The second-order valence-electron chi connectivity index (χ2n) is 3.28. The van der Waals surface area contributed by atoms with E-state index in [0.29, 0.717) is 5.69 Å². The van der Waals surface area contributed by atoms with Gasteiger partial charge >= 0.3 is 11.9 Å². The van der Waals surface area contributed by atoms with Gasteiger partial charge in [0.15, 0.2) is 5.82 Å². The highest BCUT2D eigenvalue weighted by Gasteiger charge is 2.59. The molecule has 0 bridgehead atoms. The molecule has 0 radical (unpaired) electrons. The van der Waals surface area contributed by atoms with Gasteiger partial charge in [-0.15, -0.1) is 0 Å². The molecular formula is C8H7F3N4O. The third-order valence-electron chi connectivity index (χ3n) is 2.07. The van der Waals surface area contributed by atoms with E-state index < -0.39 is 17.6 Å². The second kappa shape index (κ2) is 3.14. The number of anilines is 1. The van der Waals surface area contributed by atoms with Crippen molar-refractivity contribution in [2.45, 2.75) is 18.8 Å². The molecule has 1 atom stereocenters. The summed E-state index contributed by atoms with van der Waals surface area (Å²) in [5.74, 6) is -0.144. The molecule has 0 saturated heterocycles. The fourth-order valence-corrected chi connectivity index (χ4v) is 1.29. The van der Waals surface area contributed by atoms with E-state index in [1.165, 1.54) is 0 Å². The van der Waals surface area contributed by atoms with Gasteiger partial charge in [0.25, 0.3) is 0 Å². The number of hydrogen-bond acceptors (Lipinski definition) is 5. The lowest BCUT2D eigenvalue weighted by atomic mass is 10.1. The largest absolute Gasteiger partial charge is 0.445 e. The third kappa shape index (κ3) is 1.42. The van der Waals surface area contributed by atoms with Crippen LogP contribution in [0.5, 0.6) is 0 Å². The monoisotopic (exact) mass is 232 g/mol. The minimum atomic E-state index is -4.94. The van der Waals surface area contributed by atoms with Gasteiger partial charge in [-0.1, -0.05) is 0 Å². The Morgan fingerprint density at radius 1 is 1.44 bits per heavy atom. The molecule has 1 aliphatic rings. The van der Waals surface area contributed by atoms with E-state index in [0.717, 1.165) is 12.5 Å². The van der Waals surface area contributed by atoms with Gasteiger partial charge < -0.3 is 10.4 Å². The molecule has 0 aromatic carbocycles. The number of fused-ring (bicyclic) bond motifs is 1. The predicted molar refractivity (Wildman–Crippen MR) is 48.8 cm³/mol. The van der Waals surface area contributed by atoms with Crippen LogP contribution in [0.1, 0.15) is 11.4 Å². The van der Waals surface area contributed by atoms with Crippen molar-refractivity contribution in [1.82, 2.24) is 9.97 Å². The zero-order valence-electron chi connectivity index (χ0n) is 8.08. The van der Waals surface area contributed by atoms with Crippen molar-refractivity contribution in [2.24, 2.45) is 4.99 Å². The Labute approximate surface area is 88.1 Å². The molecule has 86 valence electrons. The van der Waals surface area contributed by atoms with Crippen molar-refractivity contribution in [2.75, 3.05) is 5.32 Å². The molecule has 1 aromatic heterocycles. The normalized spacial score (nSPS) is 23.8. The molecule has 8 heteroatoms. The number of aromatic nitrogens is 2. The van der Waals surface area contributed by atoms with E-state index in [-0.39, 0.29) is 5.82 Å². The molecule has 1 aliphatic heterocycles. The van der Waals surface area contributed by atoms with Gasteiger partial charge in [0.05, 0.1) is 12.0 Å². The smallest absolute Gasteiger partial charge is 0.357 e. The van der Waals surface area contributed by atoms with Crippen molar-refractivity contribution >= 4 is 12.2 Å². The second-order valence-corrected chi connectivity index (χ2v) is 3.28. The molecule has 2 rings (SSSR count). The summed E-state index contributed by atoms with van der Waals surface area (Å²) in [6.07, 6.45) is -3.05. The minimum Gasteiger partial charge on any atom is -0.357 e. The number of rotatable bonds is 0. The SMILES string of the molecule is Cc1cnc2c(n1)NC=NC2(O)C(F)(F)F. The third-order valence-corrected chi connectivity index (χ3v) is 2.07. The number of nitrogens with zero attached hydrogens (tertiary/aromatic N) is 3. The van der Waals surface area contributed by atoms with Crippen LogP contribution in [0.25, 0.3) is 0 Å². The summed E-state index contributed by atoms with van der Waals surface area (Å²) in [6.45, 7) is 1.58. The first-order valence-electron chi connectivity index (χ1n) is 4.28. The quantitative estimate of drug-likeness (QED) is 0.698. The maximum Gasteiger partial charge on any atom is 0.445 e. The van der Waals surface area contributed by atoms with Crippen LogP contribution < -0.4 is 5.32 Å². The summed E-state index contributed by atoms with van der Waals surface area (Å²) in [6, 6.07) is 0. The first-order chi connectivity index (χ1) is 7.34. The van der Waals surface area contributed by atoms with Crippen molar-refractivity contribution in [3.8, 4) is 0 Å². The Kier molecular flexibility index (Phi) is 2.12. The van der Waals surface area contributed by atoms with Crippen LogP contribution in [0.2, 0.25) is 0 Å². The molecule has 2 heterocycles. The molecule has 1 unspecified atom stereocenters. The number of aryl methyl sites for hydroxylation is 1. The van der Waals surface area contributed by atoms with Crippen molar-refractivity contribution < 1.29 is 18.3 Å². The molecule has 0 saturated carbocycles. The Morgan fingerprint density at radius 3 is 2.75 bits per heavy atom. The maximum atomic E-state index is 12.6. The summed E-state index contributed by atoms with van der Waals surface area (Å²) in [7, 11) is 0. The first kappa shape index (κ1) is 10.8. The number of aliphatic hydroxyl groups is 1. The van der Waals surface area contributed by atoms with E-state index in [9.17, 15) is 18.3 Å². The number of alkyl halides is 3. The summed E-state index contributed by atoms with van der Waals surface area (Å²) in [5, 5.41) is 11.9. The zero-order chi connectivity index (χ0) is 12.0. The van der Waals surface area contributed by atoms with Gasteiger partial charge in [0.2, 0.25) is 0 Å². The average molecular weight is 232 g/mol. The Balaban J connectivity index is 2.61. The van der Waals surface area contributed by atoms with Crippen LogP contribution in [-0.4, -0.2) is 27.6 Å².